The van der Waals surface area contributed by atoms with Gasteiger partial charge in [0.2, 0.25) is 5.95 Å². The van der Waals surface area contributed by atoms with Gasteiger partial charge in [-0.25, -0.2) is 9.97 Å². The Morgan fingerprint density at radius 1 is 0.972 bits per heavy atom. The molecule has 9 heteroatoms. The van der Waals surface area contributed by atoms with Crippen LogP contribution in [0.4, 0.5) is 17.3 Å². The topological polar surface area (TPSA) is 124 Å². The van der Waals surface area contributed by atoms with Crippen LogP contribution in [0, 0.1) is 0 Å². The molecule has 0 radical (unpaired) electrons. The third-order valence-corrected chi connectivity index (χ3v) is 5.69. The van der Waals surface area contributed by atoms with E-state index in [1.165, 1.54) is 6.20 Å². The number of rotatable bonds is 11. The number of anilines is 3. The average Bonchev–Trinajstić information content (AvgIpc) is 2.89. The number of hydrogen-bond donors (Lipinski definition) is 3. The van der Waals surface area contributed by atoms with Gasteiger partial charge >= 0.3 is 0 Å². The predicted octanol–water partition coefficient (Wildman–Crippen LogP) is 4.84. The summed E-state index contributed by atoms with van der Waals surface area (Å²) < 4.78 is 11.6. The number of aromatic nitrogens is 3. The molecule has 2 aromatic carbocycles. The van der Waals surface area contributed by atoms with Gasteiger partial charge in [-0.1, -0.05) is 19.1 Å². The number of amides is 1. The summed E-state index contributed by atoms with van der Waals surface area (Å²) in [4.78, 5) is 25.3. The van der Waals surface area contributed by atoms with Crippen LogP contribution in [0.1, 0.15) is 42.3 Å². The summed E-state index contributed by atoms with van der Waals surface area (Å²) in [6, 6.07) is 11.4. The second-order valence-electron chi connectivity index (χ2n) is 7.94. The Labute approximate surface area is 210 Å². The van der Waals surface area contributed by atoms with Gasteiger partial charge in [0, 0.05) is 42.3 Å². The maximum absolute atomic E-state index is 12.4. The van der Waals surface area contributed by atoms with Crippen molar-refractivity contribution in [3.63, 3.8) is 0 Å². The summed E-state index contributed by atoms with van der Waals surface area (Å²) in [5.74, 6) is 1.16. The van der Waals surface area contributed by atoms with Crippen molar-refractivity contribution in [2.45, 2.75) is 33.7 Å². The van der Waals surface area contributed by atoms with E-state index < -0.39 is 5.91 Å². The molecule has 0 saturated heterocycles. The standard InChI is InChI=1S/C27H30N6O3/c1-4-18-17(15-32-27-29-11-8-12-30-27)9-7-10-21(18)33-25-19-13-23(35-5-2)24(36-6-3)14-22(19)31-16-20(25)26(28)34/h7-14,16H,4-6,15H2,1-3H3,(H2,28,34)(H,31,33)(H,29,30,32). The number of benzene rings is 2. The number of primary amides is 1. The number of carbonyl (C=O) groups excluding carboxylic acids is 1. The first-order chi connectivity index (χ1) is 17.5. The van der Waals surface area contributed by atoms with Gasteiger partial charge in [-0.2, -0.15) is 0 Å². The molecule has 1 amide bonds. The minimum absolute atomic E-state index is 0.289. The molecule has 0 aliphatic heterocycles. The highest BCUT2D eigenvalue weighted by Crippen LogP contribution is 2.38. The third-order valence-electron chi connectivity index (χ3n) is 5.69. The van der Waals surface area contributed by atoms with Gasteiger partial charge in [0.25, 0.3) is 5.91 Å². The lowest BCUT2D eigenvalue weighted by Crippen LogP contribution is -2.15. The van der Waals surface area contributed by atoms with Gasteiger partial charge in [-0.3, -0.25) is 9.78 Å². The number of carbonyl (C=O) groups is 1. The zero-order valence-corrected chi connectivity index (χ0v) is 20.7. The third kappa shape index (κ3) is 5.30. The fourth-order valence-electron chi connectivity index (χ4n) is 4.09. The van der Waals surface area contributed by atoms with Crippen LogP contribution in [-0.2, 0) is 13.0 Å². The molecular weight excluding hydrogens is 456 g/mol. The minimum Gasteiger partial charge on any atom is -0.490 e. The number of hydrogen-bond acceptors (Lipinski definition) is 8. The second-order valence-corrected chi connectivity index (χ2v) is 7.94. The van der Waals surface area contributed by atoms with Gasteiger partial charge in [-0.05, 0) is 49.6 Å². The molecule has 186 valence electrons. The van der Waals surface area contributed by atoms with E-state index in [-0.39, 0.29) is 5.56 Å². The van der Waals surface area contributed by atoms with Gasteiger partial charge in [-0.15, -0.1) is 0 Å². The van der Waals surface area contributed by atoms with Crippen molar-refractivity contribution in [2.75, 3.05) is 23.8 Å². The SMILES string of the molecule is CCOc1cc2ncc(C(N)=O)c(Nc3cccc(CNc4ncccn4)c3CC)c2cc1OCC. The van der Waals surface area contributed by atoms with E-state index in [9.17, 15) is 4.79 Å². The molecular formula is C27H30N6O3. The summed E-state index contributed by atoms with van der Waals surface area (Å²) in [5.41, 5.74) is 10.3. The first-order valence-electron chi connectivity index (χ1n) is 12.0. The second kappa shape index (κ2) is 11.4. The predicted molar refractivity (Wildman–Crippen MR) is 141 cm³/mol. The van der Waals surface area contributed by atoms with Crippen LogP contribution in [0.3, 0.4) is 0 Å². The number of fused-ring (bicyclic) bond motifs is 1. The van der Waals surface area contributed by atoms with Crippen molar-refractivity contribution in [1.29, 1.82) is 0 Å². The molecule has 9 nitrogen and oxygen atoms in total. The summed E-state index contributed by atoms with van der Waals surface area (Å²) in [7, 11) is 0. The molecule has 2 heterocycles. The van der Waals surface area contributed by atoms with Gasteiger partial charge in [0.15, 0.2) is 11.5 Å². The van der Waals surface area contributed by atoms with Crippen LogP contribution in [0.5, 0.6) is 11.5 Å². The van der Waals surface area contributed by atoms with E-state index in [1.807, 2.05) is 38.1 Å². The van der Waals surface area contributed by atoms with Gasteiger partial charge < -0.3 is 25.8 Å². The summed E-state index contributed by atoms with van der Waals surface area (Å²) in [6.07, 6.45) is 5.65. The molecule has 0 saturated carbocycles. The van der Waals surface area contributed by atoms with Crippen LogP contribution in [0.25, 0.3) is 10.9 Å². The van der Waals surface area contributed by atoms with E-state index in [4.69, 9.17) is 15.2 Å². The smallest absolute Gasteiger partial charge is 0.252 e. The van der Waals surface area contributed by atoms with Crippen molar-refractivity contribution in [2.24, 2.45) is 5.73 Å². The fraction of sp³-hybridized carbons (Fsp3) is 0.259. The zero-order chi connectivity index (χ0) is 25.5. The first kappa shape index (κ1) is 24.7. The molecule has 2 aromatic heterocycles. The van der Waals surface area contributed by atoms with Crippen LogP contribution >= 0.6 is 0 Å². The van der Waals surface area contributed by atoms with Crippen LogP contribution in [-0.4, -0.2) is 34.1 Å². The lowest BCUT2D eigenvalue weighted by Gasteiger charge is -2.19. The molecule has 0 aliphatic rings. The van der Waals surface area contributed by atoms with Crippen molar-refractivity contribution in [1.82, 2.24) is 15.0 Å². The number of nitrogens with one attached hydrogen (secondary N) is 2. The van der Waals surface area contributed by atoms with E-state index in [2.05, 4.69) is 38.6 Å². The molecule has 36 heavy (non-hydrogen) atoms. The maximum atomic E-state index is 12.4. The Morgan fingerprint density at radius 2 is 1.69 bits per heavy atom. The molecule has 4 rings (SSSR count). The van der Waals surface area contributed by atoms with Gasteiger partial charge in [0.1, 0.15) is 0 Å². The number of nitrogens with two attached hydrogens (primary N) is 1. The Bertz CT molecular complexity index is 1360. The molecule has 0 atom stereocenters. The first-order valence-corrected chi connectivity index (χ1v) is 12.0. The number of ether oxygens (including phenoxy) is 2. The molecule has 0 spiro atoms. The van der Waals surface area contributed by atoms with E-state index >= 15 is 0 Å². The largest absolute Gasteiger partial charge is 0.490 e. The normalized spacial score (nSPS) is 10.8. The quantitative estimate of drug-likeness (QED) is 0.275. The van der Waals surface area contributed by atoms with Gasteiger partial charge in [0.05, 0.1) is 30.0 Å². The number of pyridine rings is 1. The van der Waals surface area contributed by atoms with E-state index in [1.54, 1.807) is 18.5 Å². The lowest BCUT2D eigenvalue weighted by molar-refractivity contribution is 0.100. The molecule has 4 aromatic rings. The monoisotopic (exact) mass is 486 g/mol. The Morgan fingerprint density at radius 3 is 2.36 bits per heavy atom. The van der Waals surface area contributed by atoms with E-state index in [0.29, 0.717) is 53.8 Å². The Balaban J connectivity index is 1.78. The van der Waals surface area contributed by atoms with Crippen molar-refractivity contribution < 1.29 is 14.3 Å². The molecule has 4 N–H and O–H groups in total. The molecule has 0 unspecified atom stereocenters. The average molecular weight is 487 g/mol. The summed E-state index contributed by atoms with van der Waals surface area (Å²) in [5, 5.41) is 7.45. The molecule has 0 fully saturated rings. The minimum atomic E-state index is -0.573. The lowest BCUT2D eigenvalue weighted by atomic mass is 10.0. The highest BCUT2D eigenvalue weighted by molar-refractivity contribution is 6.08. The molecule has 0 bridgehead atoms. The van der Waals surface area contributed by atoms with Crippen molar-refractivity contribution in [3.8, 4) is 11.5 Å². The summed E-state index contributed by atoms with van der Waals surface area (Å²) in [6.45, 7) is 7.42. The van der Waals surface area contributed by atoms with Crippen molar-refractivity contribution in [3.05, 3.63) is 71.7 Å². The van der Waals surface area contributed by atoms with Crippen LogP contribution in [0.15, 0.2) is 55.0 Å². The van der Waals surface area contributed by atoms with E-state index in [0.717, 1.165) is 23.2 Å². The number of nitrogens with zero attached hydrogens (tertiary/aromatic N) is 3. The molecule has 0 aliphatic carbocycles. The van der Waals surface area contributed by atoms with Crippen molar-refractivity contribution >= 4 is 34.1 Å². The zero-order valence-electron chi connectivity index (χ0n) is 20.7. The highest BCUT2D eigenvalue weighted by Gasteiger charge is 2.18. The highest BCUT2D eigenvalue weighted by atomic mass is 16.5. The van der Waals surface area contributed by atoms with Crippen LogP contribution < -0.4 is 25.8 Å². The Kier molecular flexibility index (Phi) is 7.79. The Hall–Kier alpha value is -4.40. The fourth-order valence-corrected chi connectivity index (χ4v) is 4.09. The van der Waals surface area contributed by atoms with Crippen LogP contribution in [0.2, 0.25) is 0 Å². The maximum Gasteiger partial charge on any atom is 0.252 e. The summed E-state index contributed by atoms with van der Waals surface area (Å²) >= 11 is 0.